The summed E-state index contributed by atoms with van der Waals surface area (Å²) < 4.78 is 0. The second-order valence-electron chi connectivity index (χ2n) is 8.36. The standard InChI is InChI=1S/C26H34ClN3O/c1-7-15-30(24-11-9-23(27)10-12-24)26(31)22-13-16-29(17-14-22)25(20(5)8-2)28-21(6)18-19(3)4/h1,9-12,18,20,22H,6,8,13-17H2,2-5H3. The number of amidine groups is 1. The van der Waals surface area contributed by atoms with Crippen LogP contribution in [0.3, 0.4) is 0 Å². The molecule has 0 radical (unpaired) electrons. The molecule has 31 heavy (non-hydrogen) atoms. The number of aliphatic imine (C=N–C) groups is 1. The Morgan fingerprint density at radius 3 is 2.48 bits per heavy atom. The molecule has 4 nitrogen and oxygen atoms in total. The molecule has 2 rings (SSSR count). The van der Waals surface area contributed by atoms with Crippen LogP contribution in [0.15, 0.2) is 53.2 Å². The Balaban J connectivity index is 2.13. The summed E-state index contributed by atoms with van der Waals surface area (Å²) in [5.41, 5.74) is 2.74. The molecule has 1 aliphatic heterocycles. The molecular weight excluding hydrogens is 406 g/mol. The van der Waals surface area contributed by atoms with E-state index in [1.165, 1.54) is 5.57 Å². The van der Waals surface area contributed by atoms with Crippen molar-refractivity contribution < 1.29 is 4.79 Å². The second kappa shape index (κ2) is 11.8. The molecule has 166 valence electrons. The number of amides is 1. The van der Waals surface area contributed by atoms with E-state index in [4.69, 9.17) is 23.0 Å². The van der Waals surface area contributed by atoms with E-state index in [0.29, 0.717) is 10.9 Å². The number of terminal acetylenes is 1. The van der Waals surface area contributed by atoms with Crippen molar-refractivity contribution in [2.45, 2.75) is 47.0 Å². The minimum atomic E-state index is -0.0561. The number of likely N-dealkylation sites (tertiary alicyclic amines) is 1. The molecule has 1 unspecified atom stereocenters. The minimum absolute atomic E-state index is 0.0561. The number of carbonyl (C=O) groups excluding carboxylic acids is 1. The zero-order chi connectivity index (χ0) is 23.0. The van der Waals surface area contributed by atoms with Crippen LogP contribution >= 0.6 is 11.6 Å². The predicted molar refractivity (Wildman–Crippen MR) is 132 cm³/mol. The van der Waals surface area contributed by atoms with Gasteiger partial charge in [0, 0.05) is 35.6 Å². The quantitative estimate of drug-likeness (QED) is 0.228. The zero-order valence-corrected chi connectivity index (χ0v) is 20.0. The zero-order valence-electron chi connectivity index (χ0n) is 19.2. The Morgan fingerprint density at radius 2 is 1.97 bits per heavy atom. The lowest BCUT2D eigenvalue weighted by atomic mass is 9.93. The molecule has 1 atom stereocenters. The highest BCUT2D eigenvalue weighted by Crippen LogP contribution is 2.26. The summed E-state index contributed by atoms with van der Waals surface area (Å²) >= 11 is 6.00. The first-order chi connectivity index (χ1) is 14.8. The number of nitrogens with zero attached hydrogens (tertiary/aromatic N) is 3. The van der Waals surface area contributed by atoms with Crippen molar-refractivity contribution in [3.05, 3.63) is 53.2 Å². The number of hydrogen-bond acceptors (Lipinski definition) is 2. The molecule has 0 N–H and O–H groups in total. The van der Waals surface area contributed by atoms with Crippen molar-refractivity contribution in [3.63, 3.8) is 0 Å². The van der Waals surface area contributed by atoms with E-state index in [1.807, 2.05) is 32.1 Å². The lowest BCUT2D eigenvalue weighted by Crippen LogP contribution is -2.46. The van der Waals surface area contributed by atoms with Crippen molar-refractivity contribution in [3.8, 4) is 12.3 Å². The largest absolute Gasteiger partial charge is 0.360 e. The SMILES string of the molecule is C#CCN(C(=O)C1CCN(C(=NC(=C)C=C(C)C)C(C)CC)CC1)c1ccc(Cl)cc1. The van der Waals surface area contributed by atoms with Gasteiger partial charge in [0.2, 0.25) is 5.91 Å². The third-order valence-electron chi connectivity index (χ3n) is 5.59. The van der Waals surface area contributed by atoms with E-state index >= 15 is 0 Å². The van der Waals surface area contributed by atoms with Gasteiger partial charge in [0.05, 0.1) is 12.2 Å². The van der Waals surface area contributed by atoms with E-state index in [1.54, 1.807) is 17.0 Å². The van der Waals surface area contributed by atoms with Crippen molar-refractivity contribution >= 4 is 29.0 Å². The summed E-state index contributed by atoms with van der Waals surface area (Å²) in [5.74, 6) is 4.04. The number of anilines is 1. The summed E-state index contributed by atoms with van der Waals surface area (Å²) in [6.45, 7) is 14.4. The molecule has 1 saturated heterocycles. The Hall–Kier alpha value is -2.51. The van der Waals surface area contributed by atoms with Crippen LogP contribution in [0.25, 0.3) is 0 Å². The lowest BCUT2D eigenvalue weighted by molar-refractivity contribution is -0.123. The van der Waals surface area contributed by atoms with Gasteiger partial charge in [-0.1, -0.05) is 43.5 Å². The van der Waals surface area contributed by atoms with Crippen LogP contribution in [-0.2, 0) is 4.79 Å². The fourth-order valence-corrected chi connectivity index (χ4v) is 3.90. The Bertz CT molecular complexity index is 867. The summed E-state index contributed by atoms with van der Waals surface area (Å²) in [6.07, 6.45) is 10.1. The van der Waals surface area contributed by atoms with Crippen LogP contribution in [0.4, 0.5) is 5.69 Å². The fraction of sp³-hybridized carbons (Fsp3) is 0.462. The smallest absolute Gasteiger partial charge is 0.231 e. The molecule has 1 aliphatic rings. The van der Waals surface area contributed by atoms with Gasteiger partial charge in [-0.05, 0) is 63.5 Å². The van der Waals surface area contributed by atoms with Gasteiger partial charge in [0.25, 0.3) is 0 Å². The third-order valence-corrected chi connectivity index (χ3v) is 5.84. The van der Waals surface area contributed by atoms with Crippen molar-refractivity contribution in [1.82, 2.24) is 4.90 Å². The highest BCUT2D eigenvalue weighted by molar-refractivity contribution is 6.30. The highest BCUT2D eigenvalue weighted by Gasteiger charge is 2.31. The number of carbonyl (C=O) groups is 1. The average Bonchev–Trinajstić information content (AvgIpc) is 2.75. The van der Waals surface area contributed by atoms with Crippen molar-refractivity contribution in [2.24, 2.45) is 16.8 Å². The molecule has 1 aromatic carbocycles. The van der Waals surface area contributed by atoms with E-state index < -0.39 is 0 Å². The van der Waals surface area contributed by atoms with Gasteiger partial charge in [-0.3, -0.25) is 4.79 Å². The predicted octanol–water partition coefficient (Wildman–Crippen LogP) is 5.94. The first-order valence-corrected chi connectivity index (χ1v) is 11.3. The average molecular weight is 440 g/mol. The summed E-state index contributed by atoms with van der Waals surface area (Å²) in [6, 6.07) is 7.25. The molecule has 0 spiro atoms. The monoisotopic (exact) mass is 439 g/mol. The number of hydrogen-bond donors (Lipinski definition) is 0. The molecule has 1 amide bonds. The number of benzene rings is 1. The molecular formula is C26H34ClN3O. The summed E-state index contributed by atoms with van der Waals surface area (Å²) in [4.78, 5) is 22.1. The second-order valence-corrected chi connectivity index (χ2v) is 8.80. The number of allylic oxidation sites excluding steroid dienone is 2. The van der Waals surface area contributed by atoms with Crippen LogP contribution in [0.1, 0.15) is 47.0 Å². The molecule has 1 fully saturated rings. The maximum absolute atomic E-state index is 13.3. The van der Waals surface area contributed by atoms with E-state index in [9.17, 15) is 4.79 Å². The molecule has 0 aromatic heterocycles. The maximum atomic E-state index is 13.3. The van der Waals surface area contributed by atoms with E-state index in [0.717, 1.165) is 49.6 Å². The fourth-order valence-electron chi connectivity index (χ4n) is 3.77. The molecule has 0 bridgehead atoms. The Labute approximate surface area is 192 Å². The third kappa shape index (κ3) is 7.01. The minimum Gasteiger partial charge on any atom is -0.360 e. The molecule has 5 heteroatoms. The molecule has 0 saturated carbocycles. The topological polar surface area (TPSA) is 35.9 Å². The van der Waals surface area contributed by atoms with Gasteiger partial charge in [0.15, 0.2) is 0 Å². The molecule has 0 aliphatic carbocycles. The number of rotatable bonds is 7. The molecule has 1 heterocycles. The van der Waals surface area contributed by atoms with Gasteiger partial charge >= 0.3 is 0 Å². The number of halogens is 1. The van der Waals surface area contributed by atoms with Gasteiger partial charge in [-0.15, -0.1) is 6.42 Å². The number of piperidine rings is 1. The van der Waals surface area contributed by atoms with Gasteiger partial charge < -0.3 is 9.80 Å². The molecule has 1 aromatic rings. The summed E-state index contributed by atoms with van der Waals surface area (Å²) in [7, 11) is 0. The van der Waals surface area contributed by atoms with Crippen LogP contribution in [0.5, 0.6) is 0 Å². The van der Waals surface area contributed by atoms with Crippen LogP contribution < -0.4 is 4.90 Å². The normalized spacial score (nSPS) is 15.7. The van der Waals surface area contributed by atoms with Crippen LogP contribution in [0, 0.1) is 24.2 Å². The Kier molecular flexibility index (Phi) is 9.40. The van der Waals surface area contributed by atoms with Crippen LogP contribution in [-0.4, -0.2) is 36.3 Å². The highest BCUT2D eigenvalue weighted by atomic mass is 35.5. The van der Waals surface area contributed by atoms with Gasteiger partial charge in [-0.25, -0.2) is 4.99 Å². The first kappa shape index (κ1) is 24.8. The van der Waals surface area contributed by atoms with Crippen molar-refractivity contribution in [2.75, 3.05) is 24.5 Å². The lowest BCUT2D eigenvalue weighted by Gasteiger charge is -2.37. The Morgan fingerprint density at radius 1 is 1.35 bits per heavy atom. The van der Waals surface area contributed by atoms with Crippen LogP contribution in [0.2, 0.25) is 5.02 Å². The van der Waals surface area contributed by atoms with Gasteiger partial charge in [0.1, 0.15) is 5.84 Å². The van der Waals surface area contributed by atoms with E-state index in [-0.39, 0.29) is 18.4 Å². The summed E-state index contributed by atoms with van der Waals surface area (Å²) in [5, 5.41) is 0.636. The maximum Gasteiger partial charge on any atom is 0.231 e. The first-order valence-electron chi connectivity index (χ1n) is 10.9. The van der Waals surface area contributed by atoms with E-state index in [2.05, 4.69) is 31.2 Å². The van der Waals surface area contributed by atoms with Crippen molar-refractivity contribution in [1.29, 1.82) is 0 Å². The van der Waals surface area contributed by atoms with Gasteiger partial charge in [-0.2, -0.15) is 0 Å².